The third-order valence-electron chi connectivity index (χ3n) is 3.34. The Bertz CT molecular complexity index is 783. The zero-order valence-corrected chi connectivity index (χ0v) is 12.8. The van der Waals surface area contributed by atoms with E-state index in [0.717, 1.165) is 24.3 Å². The number of alkyl halides is 3. The monoisotopic (exact) mass is 350 g/mol. The van der Waals surface area contributed by atoms with E-state index >= 15 is 0 Å². The number of rotatable bonds is 5. The number of hydrogen-bond donors (Lipinski definition) is 1. The SMILES string of the molecule is [N-]=[N+]=C(C(=O)OCc1ccccc1)C(O)c1ccc(C(F)(F)F)cc1. The number of carbonyl (C=O) groups is 1. The Labute approximate surface area is 140 Å². The predicted octanol–water partition coefficient (Wildman–Crippen LogP) is 3.15. The molecule has 0 saturated carbocycles. The summed E-state index contributed by atoms with van der Waals surface area (Å²) in [6.45, 7) is -0.113. The van der Waals surface area contributed by atoms with Gasteiger partial charge in [-0.2, -0.15) is 18.0 Å². The summed E-state index contributed by atoms with van der Waals surface area (Å²) in [4.78, 5) is 14.7. The van der Waals surface area contributed by atoms with Crippen molar-refractivity contribution in [3.63, 3.8) is 0 Å². The highest BCUT2D eigenvalue weighted by Crippen LogP contribution is 2.30. The number of aliphatic hydroxyl groups excluding tert-OH is 1. The fraction of sp³-hybridized carbons (Fsp3) is 0.176. The molecule has 0 heterocycles. The Hall–Kier alpha value is -2.96. The number of aliphatic hydroxyl groups is 1. The molecule has 130 valence electrons. The van der Waals surface area contributed by atoms with Crippen molar-refractivity contribution in [1.82, 2.24) is 0 Å². The quantitative estimate of drug-likeness (QED) is 0.389. The lowest BCUT2D eigenvalue weighted by molar-refractivity contribution is -0.143. The van der Waals surface area contributed by atoms with Crippen molar-refractivity contribution in [2.24, 2.45) is 0 Å². The van der Waals surface area contributed by atoms with Crippen LogP contribution in [0, 0.1) is 0 Å². The lowest BCUT2D eigenvalue weighted by atomic mass is 10.0. The molecule has 0 spiro atoms. The zero-order chi connectivity index (χ0) is 18.4. The lowest BCUT2D eigenvalue weighted by Gasteiger charge is -2.10. The van der Waals surface area contributed by atoms with E-state index < -0.39 is 29.5 Å². The molecule has 1 N–H and O–H groups in total. The fourth-order valence-corrected chi connectivity index (χ4v) is 2.02. The number of halogens is 3. The van der Waals surface area contributed by atoms with Gasteiger partial charge in [-0.25, -0.2) is 4.79 Å². The Morgan fingerprint density at radius 1 is 1.12 bits per heavy atom. The van der Waals surface area contributed by atoms with Gasteiger partial charge in [-0.1, -0.05) is 42.5 Å². The maximum Gasteiger partial charge on any atom is 0.420 e. The third-order valence-corrected chi connectivity index (χ3v) is 3.34. The van der Waals surface area contributed by atoms with Crippen LogP contribution in [0.4, 0.5) is 13.2 Å². The van der Waals surface area contributed by atoms with E-state index in [4.69, 9.17) is 10.3 Å². The molecule has 0 aliphatic heterocycles. The summed E-state index contributed by atoms with van der Waals surface area (Å²) in [5, 5.41) is 10.1. The molecule has 1 unspecified atom stereocenters. The van der Waals surface area contributed by atoms with Gasteiger partial charge >= 0.3 is 17.9 Å². The van der Waals surface area contributed by atoms with Gasteiger partial charge in [0.15, 0.2) is 6.10 Å². The van der Waals surface area contributed by atoms with Crippen molar-refractivity contribution in [2.45, 2.75) is 18.9 Å². The van der Waals surface area contributed by atoms with E-state index in [1.54, 1.807) is 30.3 Å². The molecule has 8 heteroatoms. The molecule has 0 fully saturated rings. The van der Waals surface area contributed by atoms with E-state index in [2.05, 4.69) is 4.79 Å². The average molecular weight is 350 g/mol. The molecular weight excluding hydrogens is 337 g/mol. The van der Waals surface area contributed by atoms with Crippen molar-refractivity contribution in [3.05, 3.63) is 76.8 Å². The van der Waals surface area contributed by atoms with Crippen molar-refractivity contribution in [2.75, 3.05) is 0 Å². The second kappa shape index (κ2) is 7.74. The third kappa shape index (κ3) is 4.76. The van der Waals surface area contributed by atoms with E-state index in [1.165, 1.54) is 0 Å². The number of hydrogen-bond acceptors (Lipinski definition) is 3. The lowest BCUT2D eigenvalue weighted by Crippen LogP contribution is -2.25. The number of benzene rings is 2. The number of ether oxygens (including phenoxy) is 1. The van der Waals surface area contributed by atoms with Crippen LogP contribution in [0.15, 0.2) is 54.6 Å². The van der Waals surface area contributed by atoms with Crippen molar-refractivity contribution in [3.8, 4) is 0 Å². The first-order valence-electron chi connectivity index (χ1n) is 7.11. The van der Waals surface area contributed by atoms with E-state index in [-0.39, 0.29) is 12.2 Å². The van der Waals surface area contributed by atoms with Gasteiger partial charge in [0, 0.05) is 0 Å². The fourth-order valence-electron chi connectivity index (χ4n) is 2.02. The van der Waals surface area contributed by atoms with Gasteiger partial charge in [0.1, 0.15) is 6.61 Å². The highest BCUT2D eigenvalue weighted by Gasteiger charge is 2.34. The molecule has 0 radical (unpaired) electrons. The van der Waals surface area contributed by atoms with Crippen LogP contribution in [0.5, 0.6) is 0 Å². The first-order chi connectivity index (χ1) is 11.8. The van der Waals surface area contributed by atoms with E-state index in [9.17, 15) is 23.1 Å². The molecule has 0 aliphatic carbocycles. The molecule has 2 rings (SSSR count). The van der Waals surface area contributed by atoms with Gasteiger partial charge in [-0.05, 0) is 23.3 Å². The molecule has 25 heavy (non-hydrogen) atoms. The predicted molar refractivity (Wildman–Crippen MR) is 81.3 cm³/mol. The molecule has 2 aromatic carbocycles. The van der Waals surface area contributed by atoms with Gasteiger partial charge < -0.3 is 15.4 Å². The number of nitrogens with zero attached hydrogens (tertiary/aromatic N) is 2. The van der Waals surface area contributed by atoms with Gasteiger partial charge in [0.25, 0.3) is 0 Å². The summed E-state index contributed by atoms with van der Waals surface area (Å²) < 4.78 is 42.5. The van der Waals surface area contributed by atoms with Crippen LogP contribution >= 0.6 is 0 Å². The minimum Gasteiger partial charge on any atom is -0.452 e. The minimum absolute atomic E-state index is 0.0440. The highest BCUT2D eigenvalue weighted by atomic mass is 19.4. The van der Waals surface area contributed by atoms with Gasteiger partial charge in [0.2, 0.25) is 0 Å². The Kier molecular flexibility index (Phi) is 5.69. The molecule has 0 amide bonds. The van der Waals surface area contributed by atoms with Crippen LogP contribution < -0.4 is 0 Å². The van der Waals surface area contributed by atoms with Crippen molar-refractivity contribution in [1.29, 1.82) is 0 Å². The van der Waals surface area contributed by atoms with Gasteiger partial charge in [-0.3, -0.25) is 0 Å². The molecule has 0 saturated heterocycles. The van der Waals surface area contributed by atoms with E-state index in [0.29, 0.717) is 5.56 Å². The van der Waals surface area contributed by atoms with Crippen LogP contribution in [0.2, 0.25) is 0 Å². The molecule has 1 atom stereocenters. The van der Waals surface area contributed by atoms with Gasteiger partial charge in [-0.15, -0.1) is 0 Å². The highest BCUT2D eigenvalue weighted by molar-refractivity contribution is 6.35. The maximum atomic E-state index is 12.5. The summed E-state index contributed by atoms with van der Waals surface area (Å²) in [6, 6.07) is 12.1. The molecule has 0 bridgehead atoms. The summed E-state index contributed by atoms with van der Waals surface area (Å²) in [7, 11) is 0. The maximum absolute atomic E-state index is 12.5. The Balaban J connectivity index is 2.09. The molecule has 5 nitrogen and oxygen atoms in total. The summed E-state index contributed by atoms with van der Waals surface area (Å²) >= 11 is 0. The molecule has 0 aliphatic rings. The second-order valence-corrected chi connectivity index (χ2v) is 5.07. The minimum atomic E-state index is -4.52. The first-order valence-corrected chi connectivity index (χ1v) is 7.11. The van der Waals surface area contributed by atoms with Crippen LogP contribution in [-0.4, -0.2) is 21.6 Å². The Morgan fingerprint density at radius 2 is 1.72 bits per heavy atom. The normalized spacial score (nSPS) is 12.2. The standard InChI is InChI=1S/C17H13F3N2O3/c18-17(19,20)13-8-6-12(7-9-13)15(23)14(22-21)16(24)25-10-11-4-2-1-3-5-11/h1-9,15,23H,10H2. The van der Waals surface area contributed by atoms with Gasteiger partial charge in [0.05, 0.1) is 5.56 Å². The molecule has 2 aromatic rings. The van der Waals surface area contributed by atoms with Crippen LogP contribution in [0.1, 0.15) is 22.8 Å². The van der Waals surface area contributed by atoms with Crippen LogP contribution in [-0.2, 0) is 22.3 Å². The average Bonchev–Trinajstić information content (AvgIpc) is 2.60. The van der Waals surface area contributed by atoms with Crippen molar-refractivity contribution >= 4 is 11.7 Å². The second-order valence-electron chi connectivity index (χ2n) is 5.07. The molecular formula is C17H13F3N2O3. The number of esters is 1. The van der Waals surface area contributed by atoms with Crippen LogP contribution in [0.25, 0.3) is 5.53 Å². The summed E-state index contributed by atoms with van der Waals surface area (Å²) in [6.07, 6.45) is -6.25. The van der Waals surface area contributed by atoms with Crippen LogP contribution in [0.3, 0.4) is 0 Å². The number of carbonyl (C=O) groups excluding carboxylic acids is 1. The van der Waals surface area contributed by atoms with E-state index in [1.807, 2.05) is 0 Å². The topological polar surface area (TPSA) is 82.9 Å². The molecule has 0 aromatic heterocycles. The summed E-state index contributed by atoms with van der Waals surface area (Å²) in [5.41, 5.74) is 7.96. The largest absolute Gasteiger partial charge is 0.452 e. The Morgan fingerprint density at radius 3 is 2.24 bits per heavy atom. The first kappa shape index (κ1) is 18.4. The smallest absolute Gasteiger partial charge is 0.420 e. The zero-order valence-electron chi connectivity index (χ0n) is 12.8. The summed E-state index contributed by atoms with van der Waals surface area (Å²) in [5.74, 6) is -1.08. The van der Waals surface area contributed by atoms with Crippen molar-refractivity contribution < 1.29 is 32.6 Å².